The number of hydrogen-bond donors (Lipinski definition) is 3. The van der Waals surface area contributed by atoms with Gasteiger partial charge in [0.1, 0.15) is 12.2 Å². The predicted octanol–water partition coefficient (Wildman–Crippen LogP) is 1.67. The molecular weight excluding hydrogens is 290 g/mol. The first-order valence-corrected chi connectivity index (χ1v) is 8.23. The number of benzene rings is 1. The molecule has 3 N–H and O–H groups in total. The predicted molar refractivity (Wildman–Crippen MR) is 80.3 cm³/mol. The molecule has 2 rings (SSSR count). The smallest absolute Gasteiger partial charge is 0.240 e. The Kier molecular flexibility index (Phi) is 4.92. The van der Waals surface area contributed by atoms with Gasteiger partial charge in [-0.1, -0.05) is 6.92 Å². The minimum Gasteiger partial charge on any atom is -0.375 e. The van der Waals surface area contributed by atoms with Crippen molar-refractivity contribution < 1.29 is 8.42 Å². The molecular formula is C13H19N5O2S. The zero-order chi connectivity index (χ0) is 15.3. The fourth-order valence-electron chi connectivity index (χ4n) is 1.79. The zero-order valence-electron chi connectivity index (χ0n) is 12.0. The van der Waals surface area contributed by atoms with E-state index in [-0.39, 0.29) is 10.9 Å². The second-order valence-electron chi connectivity index (χ2n) is 4.66. The molecule has 0 spiro atoms. The van der Waals surface area contributed by atoms with E-state index >= 15 is 0 Å². The van der Waals surface area contributed by atoms with Gasteiger partial charge in [0.2, 0.25) is 10.0 Å². The molecule has 1 aromatic heterocycles. The summed E-state index contributed by atoms with van der Waals surface area (Å²) in [5, 5.41) is 9.80. The van der Waals surface area contributed by atoms with Crippen LogP contribution in [0, 0.1) is 0 Å². The number of sulfonamides is 1. The SMILES string of the molecule is CCCNS(=O)(=O)c1ccc(NC(C)c2ncn[nH]2)cc1. The highest BCUT2D eigenvalue weighted by atomic mass is 32.2. The molecule has 114 valence electrons. The third kappa shape index (κ3) is 4.02. The van der Waals surface area contributed by atoms with Crippen LogP contribution in [0.15, 0.2) is 35.5 Å². The van der Waals surface area contributed by atoms with E-state index in [9.17, 15) is 8.42 Å². The Balaban J connectivity index is 2.05. The lowest BCUT2D eigenvalue weighted by atomic mass is 10.2. The van der Waals surface area contributed by atoms with Gasteiger partial charge in [0.15, 0.2) is 0 Å². The summed E-state index contributed by atoms with van der Waals surface area (Å²) in [5.74, 6) is 0.719. The van der Waals surface area contributed by atoms with Crippen molar-refractivity contribution in [1.29, 1.82) is 0 Å². The van der Waals surface area contributed by atoms with Gasteiger partial charge in [-0.3, -0.25) is 5.10 Å². The van der Waals surface area contributed by atoms with Crippen molar-refractivity contribution in [1.82, 2.24) is 19.9 Å². The maximum absolute atomic E-state index is 12.0. The summed E-state index contributed by atoms with van der Waals surface area (Å²) < 4.78 is 26.4. The van der Waals surface area contributed by atoms with E-state index in [4.69, 9.17) is 0 Å². The van der Waals surface area contributed by atoms with Crippen LogP contribution in [-0.4, -0.2) is 30.1 Å². The van der Waals surface area contributed by atoms with E-state index in [2.05, 4.69) is 25.2 Å². The Morgan fingerprint density at radius 2 is 2.00 bits per heavy atom. The van der Waals surface area contributed by atoms with Crippen molar-refractivity contribution in [3.05, 3.63) is 36.4 Å². The highest BCUT2D eigenvalue weighted by Gasteiger charge is 2.13. The van der Waals surface area contributed by atoms with Crippen molar-refractivity contribution >= 4 is 15.7 Å². The van der Waals surface area contributed by atoms with E-state index in [1.165, 1.54) is 6.33 Å². The van der Waals surface area contributed by atoms with Crippen LogP contribution in [0.5, 0.6) is 0 Å². The van der Waals surface area contributed by atoms with Gasteiger partial charge in [-0.2, -0.15) is 5.10 Å². The van der Waals surface area contributed by atoms with Crippen molar-refractivity contribution in [2.24, 2.45) is 0 Å². The molecule has 0 saturated carbocycles. The maximum Gasteiger partial charge on any atom is 0.240 e. The van der Waals surface area contributed by atoms with Crippen LogP contribution in [0.3, 0.4) is 0 Å². The highest BCUT2D eigenvalue weighted by Crippen LogP contribution is 2.18. The van der Waals surface area contributed by atoms with Crippen LogP contribution in [-0.2, 0) is 10.0 Å². The zero-order valence-corrected chi connectivity index (χ0v) is 12.8. The molecule has 0 bridgehead atoms. The first kappa shape index (κ1) is 15.5. The summed E-state index contributed by atoms with van der Waals surface area (Å²) in [7, 11) is -3.42. The van der Waals surface area contributed by atoms with Crippen molar-refractivity contribution in [3.63, 3.8) is 0 Å². The van der Waals surface area contributed by atoms with E-state index in [0.717, 1.165) is 17.9 Å². The number of hydrogen-bond acceptors (Lipinski definition) is 5. The Hall–Kier alpha value is -1.93. The van der Waals surface area contributed by atoms with Gasteiger partial charge in [0, 0.05) is 12.2 Å². The quantitative estimate of drug-likeness (QED) is 0.722. The standard InChI is InChI=1S/C13H19N5O2S/c1-3-8-16-21(19,20)12-6-4-11(5-7-12)17-10(2)13-14-9-15-18-13/h4-7,9-10,16-17H,3,8H2,1-2H3,(H,14,15,18). The third-order valence-electron chi connectivity index (χ3n) is 2.93. The molecule has 0 aliphatic rings. The van der Waals surface area contributed by atoms with Gasteiger partial charge in [-0.25, -0.2) is 18.1 Å². The Morgan fingerprint density at radius 3 is 2.57 bits per heavy atom. The van der Waals surface area contributed by atoms with Crippen LogP contribution >= 0.6 is 0 Å². The van der Waals surface area contributed by atoms with Crippen LogP contribution in [0.4, 0.5) is 5.69 Å². The van der Waals surface area contributed by atoms with Crippen LogP contribution < -0.4 is 10.0 Å². The van der Waals surface area contributed by atoms with Gasteiger partial charge >= 0.3 is 0 Å². The molecule has 0 saturated heterocycles. The molecule has 1 heterocycles. The van der Waals surface area contributed by atoms with Crippen LogP contribution in [0.25, 0.3) is 0 Å². The topological polar surface area (TPSA) is 99.8 Å². The normalized spacial score (nSPS) is 13.0. The monoisotopic (exact) mass is 309 g/mol. The molecule has 8 heteroatoms. The summed E-state index contributed by atoms with van der Waals surface area (Å²) in [6, 6.07) is 6.56. The Morgan fingerprint density at radius 1 is 1.29 bits per heavy atom. The molecule has 2 aromatic rings. The molecule has 7 nitrogen and oxygen atoms in total. The van der Waals surface area contributed by atoms with Crippen molar-refractivity contribution in [3.8, 4) is 0 Å². The maximum atomic E-state index is 12.0. The molecule has 0 amide bonds. The second-order valence-corrected chi connectivity index (χ2v) is 6.43. The Labute approximate surface area is 124 Å². The van der Waals surface area contributed by atoms with E-state index in [1.807, 2.05) is 13.8 Å². The number of anilines is 1. The average molecular weight is 309 g/mol. The summed E-state index contributed by atoms with van der Waals surface area (Å²) in [6.07, 6.45) is 2.20. The van der Waals surface area contributed by atoms with E-state index < -0.39 is 10.0 Å². The minimum atomic E-state index is -3.42. The number of aromatic amines is 1. The largest absolute Gasteiger partial charge is 0.375 e. The summed E-state index contributed by atoms with van der Waals surface area (Å²) in [4.78, 5) is 4.33. The van der Waals surface area contributed by atoms with E-state index in [1.54, 1.807) is 24.3 Å². The number of H-pyrrole nitrogens is 1. The van der Waals surface area contributed by atoms with Crippen molar-refractivity contribution in [2.45, 2.75) is 31.2 Å². The first-order chi connectivity index (χ1) is 10.0. The highest BCUT2D eigenvalue weighted by molar-refractivity contribution is 7.89. The number of rotatable bonds is 7. The molecule has 0 aliphatic carbocycles. The summed E-state index contributed by atoms with van der Waals surface area (Å²) in [5.41, 5.74) is 0.813. The summed E-state index contributed by atoms with van der Waals surface area (Å²) >= 11 is 0. The Bertz CT molecular complexity index is 652. The number of nitrogens with zero attached hydrogens (tertiary/aromatic N) is 2. The fraction of sp³-hybridized carbons (Fsp3) is 0.385. The average Bonchev–Trinajstić information content (AvgIpc) is 3.00. The third-order valence-corrected chi connectivity index (χ3v) is 4.41. The molecule has 0 aliphatic heterocycles. The molecule has 0 fully saturated rings. The molecule has 0 radical (unpaired) electrons. The fourth-order valence-corrected chi connectivity index (χ4v) is 2.93. The lowest BCUT2D eigenvalue weighted by Crippen LogP contribution is -2.24. The van der Waals surface area contributed by atoms with Gasteiger partial charge in [0.05, 0.1) is 10.9 Å². The second kappa shape index (κ2) is 6.68. The van der Waals surface area contributed by atoms with Crippen LogP contribution in [0.2, 0.25) is 0 Å². The number of nitrogens with one attached hydrogen (secondary N) is 3. The van der Waals surface area contributed by atoms with Gasteiger partial charge in [0.25, 0.3) is 0 Å². The van der Waals surface area contributed by atoms with Crippen molar-refractivity contribution in [2.75, 3.05) is 11.9 Å². The van der Waals surface area contributed by atoms with Gasteiger partial charge in [-0.05, 0) is 37.6 Å². The molecule has 21 heavy (non-hydrogen) atoms. The lowest BCUT2D eigenvalue weighted by molar-refractivity contribution is 0.581. The molecule has 1 aromatic carbocycles. The lowest BCUT2D eigenvalue weighted by Gasteiger charge is -2.13. The minimum absolute atomic E-state index is 0.0480. The summed E-state index contributed by atoms with van der Waals surface area (Å²) in [6.45, 7) is 4.29. The van der Waals surface area contributed by atoms with E-state index in [0.29, 0.717) is 6.54 Å². The number of aromatic nitrogens is 3. The van der Waals surface area contributed by atoms with Gasteiger partial charge < -0.3 is 5.32 Å². The molecule has 1 unspecified atom stereocenters. The van der Waals surface area contributed by atoms with Crippen LogP contribution in [0.1, 0.15) is 32.1 Å². The van der Waals surface area contributed by atoms with Gasteiger partial charge in [-0.15, -0.1) is 0 Å². The molecule has 1 atom stereocenters. The first-order valence-electron chi connectivity index (χ1n) is 6.74.